The van der Waals surface area contributed by atoms with Crippen LogP contribution in [0.15, 0.2) is 16.7 Å². The Kier molecular flexibility index (Phi) is 4.86. The van der Waals surface area contributed by atoms with Crippen molar-refractivity contribution >= 4 is 27.7 Å². The summed E-state index contributed by atoms with van der Waals surface area (Å²) >= 11 is 3.41. The SMILES string of the molecule is CCn1cc(Br)cc1C(=O)N1CCC(CC(N)=O)CC1. The molecule has 2 rings (SSSR count). The highest BCUT2D eigenvalue weighted by Gasteiger charge is 2.26. The number of primary amides is 1. The molecule has 2 heterocycles. The van der Waals surface area contributed by atoms with Crippen LogP contribution in [-0.4, -0.2) is 34.4 Å². The van der Waals surface area contributed by atoms with Crippen LogP contribution in [0.5, 0.6) is 0 Å². The van der Waals surface area contributed by atoms with Crippen molar-refractivity contribution < 1.29 is 9.59 Å². The molecule has 2 N–H and O–H groups in total. The monoisotopic (exact) mass is 341 g/mol. The maximum Gasteiger partial charge on any atom is 0.270 e. The van der Waals surface area contributed by atoms with Gasteiger partial charge in [0.25, 0.3) is 5.91 Å². The minimum atomic E-state index is -0.251. The molecule has 0 unspecified atom stereocenters. The number of halogens is 1. The Morgan fingerprint density at radius 3 is 2.60 bits per heavy atom. The minimum Gasteiger partial charge on any atom is -0.370 e. The van der Waals surface area contributed by atoms with E-state index in [9.17, 15) is 9.59 Å². The quantitative estimate of drug-likeness (QED) is 0.909. The second-order valence-corrected chi connectivity index (χ2v) is 6.15. The van der Waals surface area contributed by atoms with Gasteiger partial charge in [-0.2, -0.15) is 0 Å². The van der Waals surface area contributed by atoms with Crippen LogP contribution in [0.2, 0.25) is 0 Å². The topological polar surface area (TPSA) is 68.3 Å². The summed E-state index contributed by atoms with van der Waals surface area (Å²) in [5, 5.41) is 0. The number of carbonyl (C=O) groups is 2. The molecule has 6 heteroatoms. The smallest absolute Gasteiger partial charge is 0.270 e. The zero-order valence-corrected chi connectivity index (χ0v) is 13.2. The third kappa shape index (κ3) is 3.42. The van der Waals surface area contributed by atoms with E-state index in [1.165, 1.54) is 0 Å². The summed E-state index contributed by atoms with van der Waals surface area (Å²) in [6, 6.07) is 1.86. The van der Waals surface area contributed by atoms with Gasteiger partial charge in [-0.25, -0.2) is 0 Å². The molecule has 20 heavy (non-hydrogen) atoms. The molecule has 0 aromatic carbocycles. The van der Waals surface area contributed by atoms with Crippen LogP contribution in [0, 0.1) is 5.92 Å². The van der Waals surface area contributed by atoms with Gasteiger partial charge < -0.3 is 15.2 Å². The second kappa shape index (κ2) is 6.43. The van der Waals surface area contributed by atoms with Gasteiger partial charge >= 0.3 is 0 Å². The van der Waals surface area contributed by atoms with E-state index in [1.54, 1.807) is 0 Å². The van der Waals surface area contributed by atoms with Crippen LogP contribution in [0.1, 0.15) is 36.7 Å². The fourth-order valence-corrected chi connectivity index (χ4v) is 3.17. The molecule has 1 saturated heterocycles. The Morgan fingerprint density at radius 2 is 2.05 bits per heavy atom. The van der Waals surface area contributed by atoms with E-state index in [1.807, 2.05) is 28.7 Å². The number of piperidine rings is 1. The van der Waals surface area contributed by atoms with E-state index < -0.39 is 0 Å². The first-order valence-electron chi connectivity index (χ1n) is 6.94. The maximum absolute atomic E-state index is 12.5. The summed E-state index contributed by atoms with van der Waals surface area (Å²) in [6.45, 7) is 4.18. The molecule has 5 nitrogen and oxygen atoms in total. The molecule has 0 spiro atoms. The third-order valence-electron chi connectivity index (χ3n) is 3.81. The third-order valence-corrected chi connectivity index (χ3v) is 4.25. The van der Waals surface area contributed by atoms with Crippen LogP contribution >= 0.6 is 15.9 Å². The molecule has 0 saturated carbocycles. The average molecular weight is 342 g/mol. The minimum absolute atomic E-state index is 0.0649. The number of aromatic nitrogens is 1. The van der Waals surface area contributed by atoms with Crippen molar-refractivity contribution in [2.24, 2.45) is 11.7 Å². The lowest BCUT2D eigenvalue weighted by atomic mass is 9.93. The predicted octanol–water partition coefficient (Wildman–Crippen LogP) is 2.00. The van der Waals surface area contributed by atoms with Crippen molar-refractivity contribution in [3.63, 3.8) is 0 Å². The van der Waals surface area contributed by atoms with Crippen molar-refractivity contribution in [1.82, 2.24) is 9.47 Å². The Bertz CT molecular complexity index is 505. The molecule has 1 aromatic rings. The molecule has 110 valence electrons. The fourth-order valence-electron chi connectivity index (χ4n) is 2.70. The van der Waals surface area contributed by atoms with Crippen LogP contribution in [0.4, 0.5) is 0 Å². The van der Waals surface area contributed by atoms with E-state index in [2.05, 4.69) is 15.9 Å². The number of hydrogen-bond donors (Lipinski definition) is 1. The van der Waals surface area contributed by atoms with Gasteiger partial charge in [0.2, 0.25) is 5.91 Å². The van der Waals surface area contributed by atoms with Crippen LogP contribution in [0.3, 0.4) is 0 Å². The summed E-state index contributed by atoms with van der Waals surface area (Å²) in [4.78, 5) is 25.3. The molecule has 2 amide bonds. The summed E-state index contributed by atoms with van der Waals surface area (Å²) in [5.74, 6) is 0.134. The lowest BCUT2D eigenvalue weighted by molar-refractivity contribution is -0.119. The van der Waals surface area contributed by atoms with Gasteiger partial charge in [-0.3, -0.25) is 9.59 Å². The second-order valence-electron chi connectivity index (χ2n) is 5.24. The Hall–Kier alpha value is -1.30. The number of nitrogens with zero attached hydrogens (tertiary/aromatic N) is 2. The summed E-state index contributed by atoms with van der Waals surface area (Å²) in [5.41, 5.74) is 5.94. The highest BCUT2D eigenvalue weighted by Crippen LogP contribution is 2.23. The average Bonchev–Trinajstić information content (AvgIpc) is 2.79. The first-order valence-corrected chi connectivity index (χ1v) is 7.73. The largest absolute Gasteiger partial charge is 0.370 e. The summed E-state index contributed by atoms with van der Waals surface area (Å²) in [7, 11) is 0. The van der Waals surface area contributed by atoms with Crippen molar-refractivity contribution in [3.05, 3.63) is 22.4 Å². The van der Waals surface area contributed by atoms with Gasteiger partial charge in [0.15, 0.2) is 0 Å². The van der Waals surface area contributed by atoms with Crippen LogP contribution < -0.4 is 5.73 Å². The van der Waals surface area contributed by atoms with E-state index in [0.717, 1.165) is 23.9 Å². The normalized spacial score (nSPS) is 16.4. The zero-order valence-electron chi connectivity index (χ0n) is 11.6. The van der Waals surface area contributed by atoms with Gasteiger partial charge in [-0.15, -0.1) is 0 Å². The number of likely N-dealkylation sites (tertiary alicyclic amines) is 1. The number of amides is 2. The Balaban J connectivity index is 1.99. The standard InChI is InChI=1S/C14H20BrN3O2/c1-2-17-9-11(15)8-12(17)14(20)18-5-3-10(4-6-18)7-13(16)19/h8-10H,2-7H2,1H3,(H2,16,19). The molecule has 0 radical (unpaired) electrons. The van der Waals surface area contributed by atoms with Gasteiger partial charge in [-0.05, 0) is 47.7 Å². The van der Waals surface area contributed by atoms with E-state index in [-0.39, 0.29) is 11.8 Å². The first kappa shape index (κ1) is 15.1. The maximum atomic E-state index is 12.5. The van der Waals surface area contributed by atoms with E-state index >= 15 is 0 Å². The summed E-state index contributed by atoms with van der Waals surface area (Å²) in [6.07, 6.45) is 4.05. The van der Waals surface area contributed by atoms with Crippen LogP contribution in [0.25, 0.3) is 0 Å². The number of nitrogens with two attached hydrogens (primary N) is 1. The molecule has 1 aliphatic rings. The molecular formula is C14H20BrN3O2. The lowest BCUT2D eigenvalue weighted by Crippen LogP contribution is -2.40. The fraction of sp³-hybridized carbons (Fsp3) is 0.571. The number of carbonyl (C=O) groups excluding carboxylic acids is 2. The number of aryl methyl sites for hydroxylation is 1. The van der Waals surface area contributed by atoms with Gasteiger partial charge in [0.1, 0.15) is 5.69 Å². The number of rotatable bonds is 4. The van der Waals surface area contributed by atoms with Gasteiger partial charge in [0, 0.05) is 36.7 Å². The van der Waals surface area contributed by atoms with Crippen molar-refractivity contribution in [2.45, 2.75) is 32.7 Å². The van der Waals surface area contributed by atoms with Crippen molar-refractivity contribution in [1.29, 1.82) is 0 Å². The molecule has 1 aliphatic heterocycles. The van der Waals surface area contributed by atoms with Crippen molar-refractivity contribution in [2.75, 3.05) is 13.1 Å². The Labute approximate surface area is 127 Å². The highest BCUT2D eigenvalue weighted by molar-refractivity contribution is 9.10. The molecule has 1 aromatic heterocycles. The molecular weight excluding hydrogens is 322 g/mol. The first-order chi connectivity index (χ1) is 9.51. The van der Waals surface area contributed by atoms with Gasteiger partial charge in [-0.1, -0.05) is 0 Å². The molecule has 0 atom stereocenters. The van der Waals surface area contributed by atoms with E-state index in [4.69, 9.17) is 5.73 Å². The summed E-state index contributed by atoms with van der Waals surface area (Å²) < 4.78 is 2.87. The van der Waals surface area contributed by atoms with Crippen LogP contribution in [-0.2, 0) is 11.3 Å². The lowest BCUT2D eigenvalue weighted by Gasteiger charge is -2.31. The molecule has 1 fully saturated rings. The van der Waals surface area contributed by atoms with E-state index in [0.29, 0.717) is 31.1 Å². The van der Waals surface area contributed by atoms with Crippen molar-refractivity contribution in [3.8, 4) is 0 Å². The molecule has 0 aliphatic carbocycles. The predicted molar refractivity (Wildman–Crippen MR) is 80.2 cm³/mol. The molecule has 0 bridgehead atoms. The zero-order chi connectivity index (χ0) is 14.7. The number of hydrogen-bond acceptors (Lipinski definition) is 2. The van der Waals surface area contributed by atoms with Gasteiger partial charge in [0.05, 0.1) is 0 Å². The Morgan fingerprint density at radius 1 is 1.40 bits per heavy atom. The highest BCUT2D eigenvalue weighted by atomic mass is 79.9.